The lowest BCUT2D eigenvalue weighted by Gasteiger charge is -2.38. The predicted octanol–water partition coefficient (Wildman–Crippen LogP) is 5.08. The van der Waals surface area contributed by atoms with Crippen LogP contribution in [0.2, 0.25) is 0 Å². The van der Waals surface area contributed by atoms with Crippen LogP contribution in [0.3, 0.4) is 0 Å². The molecule has 3 aliphatic heterocycles. The van der Waals surface area contributed by atoms with Crippen LogP contribution < -0.4 is 16.2 Å². The molecule has 0 bridgehead atoms. The number of fused-ring (bicyclic) bond motifs is 5. The molecular formula is C39H47ClN6O8. The van der Waals surface area contributed by atoms with Gasteiger partial charge in [-0.1, -0.05) is 52.0 Å². The minimum atomic E-state index is -1.95. The number of rotatable bonds is 13. The van der Waals surface area contributed by atoms with Crippen LogP contribution in [0.1, 0.15) is 101 Å². The number of carbonyl (C=O) groups excluding carboxylic acids is 3. The third-order valence-electron chi connectivity index (χ3n) is 11.2. The van der Waals surface area contributed by atoms with Crippen molar-refractivity contribution in [2.24, 2.45) is 10.7 Å². The van der Waals surface area contributed by atoms with Crippen LogP contribution in [0.4, 0.5) is 11.4 Å². The molecule has 14 nitrogen and oxygen atoms in total. The lowest BCUT2D eigenvalue weighted by Crippen LogP contribution is -2.53. The number of unbranched alkanes of at least 4 members (excludes halogenated alkanes) is 2. The standard InChI is InChI=1S/C39H46N6O8.ClH/c1-3-5-9-17-43-22-41-27-13-10-14-28-33(27)35(43)24-20-44-30(34(24)42-28)18-26-25(36(44)48)21-52-38(51)39(26,4-2)53-32(47)16-15-29(37(49)50)45(31(46)19-40)23-11-7-6-8-12-23;/h10,13-14,18,22-23,29H,3-9,11-12,15-17,19-21,40H2,1-2H3,(H,49,50);1H/t29-,39-;/m0./s1. The van der Waals surface area contributed by atoms with E-state index in [-0.39, 0.29) is 67.7 Å². The second-order valence-corrected chi connectivity index (χ2v) is 14.3. The third kappa shape index (κ3) is 6.63. The Morgan fingerprint density at radius 2 is 1.91 bits per heavy atom. The molecule has 1 aliphatic carbocycles. The minimum absolute atomic E-state index is 0. The zero-order valence-electron chi connectivity index (χ0n) is 30.7. The summed E-state index contributed by atoms with van der Waals surface area (Å²) in [6.45, 7) is 4.18. The Morgan fingerprint density at radius 1 is 1.13 bits per heavy atom. The second kappa shape index (κ2) is 15.9. The Balaban J connectivity index is 0.00000497. The number of cyclic esters (lactones) is 1. The number of anilines is 1. The molecule has 1 fully saturated rings. The summed E-state index contributed by atoms with van der Waals surface area (Å²) >= 11 is 0. The fourth-order valence-electron chi connectivity index (χ4n) is 8.54. The van der Waals surface area contributed by atoms with Crippen LogP contribution in [0.5, 0.6) is 0 Å². The van der Waals surface area contributed by atoms with Crippen LogP contribution in [0.15, 0.2) is 34.1 Å². The van der Waals surface area contributed by atoms with Crippen molar-refractivity contribution in [3.05, 3.63) is 51.3 Å². The summed E-state index contributed by atoms with van der Waals surface area (Å²) in [5.74, 6) is -3.41. The minimum Gasteiger partial charge on any atom is -0.480 e. The third-order valence-corrected chi connectivity index (χ3v) is 11.2. The van der Waals surface area contributed by atoms with Crippen molar-refractivity contribution in [3.63, 3.8) is 0 Å². The molecule has 54 heavy (non-hydrogen) atoms. The zero-order valence-corrected chi connectivity index (χ0v) is 31.5. The van der Waals surface area contributed by atoms with Gasteiger partial charge in [0.2, 0.25) is 11.5 Å². The summed E-state index contributed by atoms with van der Waals surface area (Å²) in [6, 6.07) is 5.89. The van der Waals surface area contributed by atoms with E-state index in [4.69, 9.17) is 25.2 Å². The largest absolute Gasteiger partial charge is 0.480 e. The van der Waals surface area contributed by atoms with E-state index in [2.05, 4.69) is 11.8 Å². The van der Waals surface area contributed by atoms with Gasteiger partial charge in [-0.3, -0.25) is 14.4 Å². The van der Waals surface area contributed by atoms with Gasteiger partial charge in [0.25, 0.3) is 5.56 Å². The van der Waals surface area contributed by atoms with E-state index < -0.39 is 41.9 Å². The normalized spacial score (nSPS) is 18.9. The van der Waals surface area contributed by atoms with Crippen molar-refractivity contribution in [1.29, 1.82) is 0 Å². The van der Waals surface area contributed by atoms with E-state index in [0.717, 1.165) is 72.9 Å². The quantitative estimate of drug-likeness (QED) is 0.137. The molecule has 1 saturated carbocycles. The number of benzene rings is 1. The Morgan fingerprint density at radius 3 is 2.61 bits per heavy atom. The molecule has 4 aliphatic rings. The second-order valence-electron chi connectivity index (χ2n) is 14.3. The molecule has 0 saturated heterocycles. The lowest BCUT2D eigenvalue weighted by molar-refractivity contribution is -0.189. The van der Waals surface area contributed by atoms with E-state index in [1.807, 2.05) is 24.5 Å². The first-order valence-corrected chi connectivity index (χ1v) is 18.8. The summed E-state index contributed by atoms with van der Waals surface area (Å²) in [7, 11) is 0. The molecule has 288 valence electrons. The van der Waals surface area contributed by atoms with Crippen LogP contribution in [0.25, 0.3) is 22.3 Å². The van der Waals surface area contributed by atoms with Crippen molar-refractivity contribution >= 4 is 64.8 Å². The van der Waals surface area contributed by atoms with Gasteiger partial charge >= 0.3 is 17.9 Å². The molecule has 0 spiro atoms. The van der Waals surface area contributed by atoms with E-state index in [1.165, 1.54) is 4.90 Å². The van der Waals surface area contributed by atoms with Crippen molar-refractivity contribution < 1.29 is 33.8 Å². The van der Waals surface area contributed by atoms with E-state index in [9.17, 15) is 29.1 Å². The van der Waals surface area contributed by atoms with Crippen molar-refractivity contribution in [2.45, 2.75) is 115 Å². The maximum absolute atomic E-state index is 14.3. The van der Waals surface area contributed by atoms with E-state index in [1.54, 1.807) is 17.6 Å². The molecule has 3 aromatic rings. The molecule has 1 aromatic carbocycles. The molecule has 5 heterocycles. The van der Waals surface area contributed by atoms with Gasteiger partial charge in [0.05, 0.1) is 58.7 Å². The number of hydrogen-bond acceptors (Lipinski definition) is 11. The van der Waals surface area contributed by atoms with Gasteiger partial charge in [-0.05, 0) is 50.3 Å². The first kappa shape index (κ1) is 38.9. The van der Waals surface area contributed by atoms with E-state index >= 15 is 0 Å². The summed E-state index contributed by atoms with van der Waals surface area (Å²) in [5.41, 5.74) is 8.26. The van der Waals surface area contributed by atoms with Crippen LogP contribution in [-0.4, -0.2) is 74.9 Å². The van der Waals surface area contributed by atoms with Crippen LogP contribution >= 0.6 is 12.4 Å². The lowest BCUT2D eigenvalue weighted by atomic mass is 9.85. The number of amides is 1. The maximum atomic E-state index is 14.3. The molecule has 7 rings (SSSR count). The Bertz CT molecular complexity index is 2080. The number of nitrogens with two attached hydrogens (primary N) is 1. The molecule has 2 aromatic heterocycles. The number of pyridine rings is 2. The van der Waals surface area contributed by atoms with Crippen molar-refractivity contribution in [3.8, 4) is 11.4 Å². The molecule has 3 N–H and O–H groups in total. The van der Waals surface area contributed by atoms with Gasteiger partial charge in [0.15, 0.2) is 0 Å². The molecular weight excluding hydrogens is 716 g/mol. The zero-order chi connectivity index (χ0) is 37.4. The highest BCUT2D eigenvalue weighted by Crippen LogP contribution is 2.47. The van der Waals surface area contributed by atoms with Gasteiger partial charge in [-0.2, -0.15) is 0 Å². The summed E-state index contributed by atoms with van der Waals surface area (Å²) in [6.07, 6.45) is 8.29. The first-order chi connectivity index (χ1) is 25.6. The summed E-state index contributed by atoms with van der Waals surface area (Å²) in [4.78, 5) is 80.3. The molecule has 2 atom stereocenters. The Hall–Kier alpha value is -4.82. The first-order valence-electron chi connectivity index (χ1n) is 18.8. The maximum Gasteiger partial charge on any atom is 0.355 e. The average Bonchev–Trinajstić information content (AvgIpc) is 3.54. The number of hydrogen-bond donors (Lipinski definition) is 2. The smallest absolute Gasteiger partial charge is 0.355 e. The van der Waals surface area contributed by atoms with Crippen molar-refractivity contribution in [1.82, 2.24) is 14.5 Å². The number of nitrogens with zero attached hydrogens (tertiary/aromatic N) is 5. The number of aliphatic carboxylic acids is 1. The summed E-state index contributed by atoms with van der Waals surface area (Å²) < 4.78 is 13.2. The molecule has 0 unspecified atom stereocenters. The highest BCUT2D eigenvalue weighted by Gasteiger charge is 2.51. The number of aromatic nitrogens is 2. The number of ether oxygens (including phenoxy) is 2. The average molecular weight is 763 g/mol. The van der Waals surface area contributed by atoms with Gasteiger partial charge in [0.1, 0.15) is 12.6 Å². The molecule has 0 radical (unpaired) electrons. The van der Waals surface area contributed by atoms with Gasteiger partial charge in [-0.25, -0.2) is 19.6 Å². The van der Waals surface area contributed by atoms with Gasteiger partial charge in [-0.15, -0.1) is 12.4 Å². The topological polar surface area (TPSA) is 187 Å². The summed E-state index contributed by atoms with van der Waals surface area (Å²) in [5, 5.41) is 11.1. The van der Waals surface area contributed by atoms with Crippen molar-refractivity contribution in [2.75, 3.05) is 18.0 Å². The number of carboxylic acid groups (broad SMARTS) is 1. The predicted molar refractivity (Wildman–Crippen MR) is 204 cm³/mol. The highest BCUT2D eigenvalue weighted by molar-refractivity contribution is 6.11. The number of halogens is 1. The van der Waals surface area contributed by atoms with Crippen LogP contribution in [-0.2, 0) is 47.4 Å². The fraction of sp³-hybridized carbons (Fsp3) is 0.513. The Kier molecular flexibility index (Phi) is 11.4. The molecule has 1 amide bonds. The van der Waals surface area contributed by atoms with Gasteiger partial charge < -0.3 is 34.7 Å². The van der Waals surface area contributed by atoms with Gasteiger partial charge in [0, 0.05) is 30.1 Å². The number of aliphatic imine (C=N–C) groups is 1. The number of esters is 2. The molecule has 15 heteroatoms. The monoisotopic (exact) mass is 762 g/mol. The Labute approximate surface area is 319 Å². The SMILES string of the molecule is CCCCCN1C=Nc2cccc3nc4c(c1c23)Cn1c-4cc2c(c1=O)COC(=O)[C@@]2(CC)OC(=O)CC[C@@H](C(=O)O)N(C(=O)CN)C1CCCCC1.Cl. The van der Waals surface area contributed by atoms with E-state index in [0.29, 0.717) is 24.2 Å². The number of carbonyl (C=O) groups is 4. The number of carboxylic acids is 1. The van der Waals surface area contributed by atoms with Crippen LogP contribution in [0, 0.1) is 0 Å². The fourth-order valence-corrected chi connectivity index (χ4v) is 8.54. The highest BCUT2D eigenvalue weighted by atomic mass is 35.5.